The topological polar surface area (TPSA) is 34.1 Å². The van der Waals surface area contributed by atoms with Crippen molar-refractivity contribution in [2.75, 3.05) is 0 Å². The van der Waals surface area contributed by atoms with Crippen LogP contribution < -0.4 is 0 Å². The van der Waals surface area contributed by atoms with Gasteiger partial charge in [-0.25, -0.2) is 0 Å². The zero-order valence-electron chi connectivity index (χ0n) is 11.9. The van der Waals surface area contributed by atoms with Gasteiger partial charge in [0, 0.05) is 0 Å². The fourth-order valence-electron chi connectivity index (χ4n) is 0.351. The van der Waals surface area contributed by atoms with E-state index in [4.69, 9.17) is 0 Å². The van der Waals surface area contributed by atoms with Crippen molar-refractivity contribution in [2.24, 2.45) is 0 Å². The number of carbonyl (C=O) groups is 2. The van der Waals surface area contributed by atoms with Crippen molar-refractivity contribution >= 4 is 19.6 Å². The normalized spacial score (nSPS) is 14.3. The van der Waals surface area contributed by atoms with Crippen molar-refractivity contribution in [1.29, 1.82) is 0 Å². The Morgan fingerprint density at radius 2 is 1.10 bits per heavy atom. The van der Waals surface area contributed by atoms with Crippen molar-refractivity contribution in [2.45, 2.75) is 39.9 Å². The van der Waals surface area contributed by atoms with Gasteiger partial charge < -0.3 is 0 Å². The first-order valence-electron chi connectivity index (χ1n) is 5.00. The van der Waals surface area contributed by atoms with Gasteiger partial charge in [-0.05, 0) is 13.8 Å². The molecule has 0 fully saturated rings. The van der Waals surface area contributed by atoms with E-state index in [0.29, 0.717) is 0 Å². The van der Waals surface area contributed by atoms with E-state index in [-0.39, 0.29) is 18.0 Å². The molecule has 0 aliphatic rings. The van der Waals surface area contributed by atoms with Crippen LogP contribution in [0.15, 0.2) is 12.3 Å². The number of carbonyl (C=O) groups excluding carboxylic acids is 2. The molecule has 0 bridgehead atoms. The second kappa shape index (κ2) is 6.90. The van der Waals surface area contributed by atoms with Crippen LogP contribution >= 0.6 is 0 Å². The summed E-state index contributed by atoms with van der Waals surface area (Å²) < 4.78 is 59.1. The predicted octanol–water partition coefficient (Wildman–Crippen LogP) is 5.12. The van der Waals surface area contributed by atoms with Crippen LogP contribution in [0.3, 0.4) is 0 Å². The molecular formula is C10H20CuF6O2Si. The monoisotopic (exact) mass is 377 g/mol. The Bertz CT molecular complexity index is 331. The second-order valence-corrected chi connectivity index (χ2v) is 12.0. The molecular weight excluding hydrogens is 358 g/mol. The average molecular weight is 378 g/mol. The number of hydrogen-bond acceptors (Lipinski definition) is 2. The average Bonchev–Trinajstić information content (AvgIpc) is 1.94. The Morgan fingerprint density at radius 3 is 1.10 bits per heavy atom. The predicted molar refractivity (Wildman–Crippen MR) is 66.2 cm³/mol. The molecule has 0 atom stereocenters. The SMILES string of the molecule is C=C[Si](C)(C)C.CC(=O)CC(C)=O.[F][Cu]([F])([F])([F])([F])[F]. The molecule has 2 nitrogen and oxygen atoms in total. The maximum absolute atomic E-state index is 10.4. The standard InChI is InChI=1S/C5H8O2.C5H12Si.Cu.6FH/c1-4(6)3-5(2)7;1-5-6(2,3)4;;;;;;;/h3H2,1-2H3;5H,1H2,2-4H3;;6*1H/q;;+6;;;;;;/p-6. The minimum absolute atomic E-state index is 0.0625. The van der Waals surface area contributed by atoms with Gasteiger partial charge in [-0.1, -0.05) is 19.6 Å². The zero-order chi connectivity index (χ0) is 17.5. The molecule has 0 saturated heterocycles. The summed E-state index contributed by atoms with van der Waals surface area (Å²) in [6.45, 7) is 13.3. The van der Waals surface area contributed by atoms with Crippen LogP contribution in [0.2, 0.25) is 19.6 Å². The van der Waals surface area contributed by atoms with Crippen LogP contribution in [0.5, 0.6) is 0 Å². The number of ketones is 2. The van der Waals surface area contributed by atoms with Crippen molar-refractivity contribution < 1.29 is 44.4 Å². The number of hydrogen-bond donors (Lipinski definition) is 0. The summed E-state index contributed by atoms with van der Waals surface area (Å²) in [7, 11) is -0.867. The molecule has 129 valence electrons. The third-order valence-corrected chi connectivity index (χ3v) is 2.34. The minimum atomic E-state index is -10.4. The van der Waals surface area contributed by atoms with Crippen molar-refractivity contribution in [3.05, 3.63) is 12.3 Å². The number of halogens is 6. The van der Waals surface area contributed by atoms with Gasteiger partial charge in [-0.15, -0.1) is 12.3 Å². The molecule has 20 heavy (non-hydrogen) atoms. The molecule has 0 unspecified atom stereocenters. The van der Waals surface area contributed by atoms with E-state index in [1.165, 1.54) is 13.8 Å². The molecule has 0 aromatic heterocycles. The molecule has 0 saturated carbocycles. The molecule has 0 aromatic rings. The van der Waals surface area contributed by atoms with Crippen LogP contribution in [-0.2, 0) is 23.0 Å². The Morgan fingerprint density at radius 1 is 0.950 bits per heavy atom. The van der Waals surface area contributed by atoms with E-state index in [1.807, 2.05) is 0 Å². The van der Waals surface area contributed by atoms with Crippen LogP contribution in [0.25, 0.3) is 0 Å². The summed E-state index contributed by atoms with van der Waals surface area (Å²) in [5.41, 5.74) is 2.08. The summed E-state index contributed by atoms with van der Waals surface area (Å²) in [4.78, 5) is 20.1. The Balaban J connectivity index is -0.000000218. The van der Waals surface area contributed by atoms with E-state index in [2.05, 4.69) is 31.9 Å². The van der Waals surface area contributed by atoms with Gasteiger partial charge in [0.2, 0.25) is 0 Å². The molecule has 0 aromatic carbocycles. The Labute approximate surface area is 116 Å². The first-order valence-corrected chi connectivity index (χ1v) is 10.7. The summed E-state index contributed by atoms with van der Waals surface area (Å²) in [5.74, 6) is -0.125. The fourth-order valence-corrected chi connectivity index (χ4v) is 0.351. The van der Waals surface area contributed by atoms with Gasteiger partial charge in [-0.3, -0.25) is 9.59 Å². The van der Waals surface area contributed by atoms with Gasteiger partial charge in [0.25, 0.3) is 0 Å². The molecule has 0 radical (unpaired) electrons. The van der Waals surface area contributed by atoms with Crippen molar-refractivity contribution in [3.8, 4) is 0 Å². The van der Waals surface area contributed by atoms with Crippen LogP contribution in [-0.4, -0.2) is 19.6 Å². The number of rotatable bonds is 3. The molecule has 0 N–H and O–H groups in total. The quantitative estimate of drug-likeness (QED) is 0.388. The molecule has 0 rings (SSSR count). The van der Waals surface area contributed by atoms with Crippen LogP contribution in [0, 0.1) is 0 Å². The third-order valence-electron chi connectivity index (χ3n) is 1.11. The van der Waals surface area contributed by atoms with Gasteiger partial charge >= 0.3 is 34.8 Å². The molecule has 0 aliphatic carbocycles. The van der Waals surface area contributed by atoms with Crippen molar-refractivity contribution in [1.82, 2.24) is 0 Å². The van der Waals surface area contributed by atoms with Gasteiger partial charge in [0.1, 0.15) is 11.6 Å². The summed E-state index contributed by atoms with van der Waals surface area (Å²) in [6.07, 6.45) is 0.0833. The van der Waals surface area contributed by atoms with Gasteiger partial charge in [-0.2, -0.15) is 0 Å². The number of Topliss-reactive ketones (excluding diaryl/α,β-unsaturated/α-hetero) is 2. The fraction of sp³-hybridized carbons (Fsp3) is 0.600. The van der Waals surface area contributed by atoms with Gasteiger partial charge in [0.05, 0.1) is 14.5 Å². The van der Waals surface area contributed by atoms with E-state index < -0.39 is 21.5 Å². The first-order chi connectivity index (χ1) is 8.14. The summed E-state index contributed by atoms with van der Waals surface area (Å²) in [6, 6.07) is 0. The maximum atomic E-state index is 10.0. The molecule has 0 aliphatic heterocycles. The summed E-state index contributed by atoms with van der Waals surface area (Å²) in [5, 5.41) is 0. The third kappa shape index (κ3) is 114. The molecule has 10 heteroatoms. The van der Waals surface area contributed by atoms with Gasteiger partial charge in [0.15, 0.2) is 0 Å². The van der Waals surface area contributed by atoms with Crippen LogP contribution in [0.4, 0.5) is 21.3 Å². The first kappa shape index (κ1) is 24.4. The van der Waals surface area contributed by atoms with E-state index in [1.54, 1.807) is 0 Å². The molecule has 0 spiro atoms. The van der Waals surface area contributed by atoms with Crippen molar-refractivity contribution in [3.63, 3.8) is 0 Å². The van der Waals surface area contributed by atoms with E-state index >= 15 is 0 Å². The molecule has 0 amide bonds. The Kier molecular flexibility index (Phi) is 8.43. The summed E-state index contributed by atoms with van der Waals surface area (Å²) >= 11 is -10.4. The van der Waals surface area contributed by atoms with Crippen LogP contribution in [0.1, 0.15) is 20.3 Å². The van der Waals surface area contributed by atoms with E-state index in [0.717, 1.165) is 0 Å². The Hall–Kier alpha value is -0.604. The zero-order valence-corrected chi connectivity index (χ0v) is 13.8. The molecule has 0 heterocycles. The van der Waals surface area contributed by atoms with E-state index in [9.17, 15) is 30.9 Å². The second-order valence-electron chi connectivity index (χ2n) is 4.80.